The maximum absolute atomic E-state index is 6.10. The zero-order valence-corrected chi connectivity index (χ0v) is 16.2. The second kappa shape index (κ2) is 8.43. The van der Waals surface area contributed by atoms with Crippen molar-refractivity contribution in [3.05, 3.63) is 28.2 Å². The summed E-state index contributed by atoms with van der Waals surface area (Å²) in [5.41, 5.74) is 0.722. The molecule has 1 aromatic heterocycles. The van der Waals surface area contributed by atoms with Gasteiger partial charge in [-0.3, -0.25) is 0 Å². The van der Waals surface area contributed by atoms with Crippen LogP contribution in [0.1, 0.15) is 0 Å². The van der Waals surface area contributed by atoms with E-state index in [0.29, 0.717) is 54.3 Å². The van der Waals surface area contributed by atoms with Gasteiger partial charge in [0.15, 0.2) is 0 Å². The van der Waals surface area contributed by atoms with Gasteiger partial charge >= 0.3 is 0 Å². The molecule has 144 valence electrons. The molecule has 0 radical (unpaired) electrons. The third-order valence-corrected chi connectivity index (χ3v) is 4.75. The van der Waals surface area contributed by atoms with E-state index in [4.69, 9.17) is 32.7 Å². The Morgan fingerprint density at radius 1 is 0.741 bits per heavy atom. The highest BCUT2D eigenvalue weighted by Gasteiger charge is 2.20. The summed E-state index contributed by atoms with van der Waals surface area (Å²) < 4.78 is 10.9. The van der Waals surface area contributed by atoms with Gasteiger partial charge in [-0.05, 0) is 18.2 Å². The summed E-state index contributed by atoms with van der Waals surface area (Å²) in [6.45, 7) is 5.61. The van der Waals surface area contributed by atoms with Gasteiger partial charge in [0.05, 0.1) is 26.4 Å². The summed E-state index contributed by atoms with van der Waals surface area (Å²) in [5, 5.41) is 4.28. The fourth-order valence-corrected chi connectivity index (χ4v) is 3.50. The van der Waals surface area contributed by atoms with E-state index >= 15 is 0 Å². The average Bonchev–Trinajstić information content (AvgIpc) is 2.68. The molecule has 10 heteroatoms. The van der Waals surface area contributed by atoms with Crippen molar-refractivity contribution in [1.82, 2.24) is 15.0 Å². The average molecular weight is 411 g/mol. The molecule has 2 fully saturated rings. The minimum Gasteiger partial charge on any atom is -0.378 e. The third-order valence-electron chi connectivity index (χ3n) is 4.32. The number of halogens is 2. The number of rotatable bonds is 4. The summed E-state index contributed by atoms with van der Waals surface area (Å²) >= 11 is 12.2. The lowest BCUT2D eigenvalue weighted by atomic mass is 10.3. The van der Waals surface area contributed by atoms with Gasteiger partial charge in [0, 0.05) is 41.9 Å². The quantitative estimate of drug-likeness (QED) is 0.823. The second-order valence-electron chi connectivity index (χ2n) is 6.24. The number of hydrogen-bond donors (Lipinski definition) is 1. The lowest BCUT2D eigenvalue weighted by molar-refractivity contribution is 0.121. The molecule has 2 aliphatic heterocycles. The first kappa shape index (κ1) is 18.5. The van der Waals surface area contributed by atoms with Crippen LogP contribution in [0.4, 0.5) is 23.5 Å². The zero-order chi connectivity index (χ0) is 18.6. The highest BCUT2D eigenvalue weighted by atomic mass is 35.5. The summed E-state index contributed by atoms with van der Waals surface area (Å²) in [5.74, 6) is 1.71. The Kier molecular flexibility index (Phi) is 5.77. The van der Waals surface area contributed by atoms with E-state index in [1.165, 1.54) is 0 Å². The van der Waals surface area contributed by atoms with Gasteiger partial charge in [-0.15, -0.1) is 0 Å². The molecule has 2 aliphatic rings. The van der Waals surface area contributed by atoms with Crippen molar-refractivity contribution < 1.29 is 9.47 Å². The van der Waals surface area contributed by atoms with Gasteiger partial charge in [-0.2, -0.15) is 15.0 Å². The number of ether oxygens (including phenoxy) is 2. The molecule has 4 rings (SSSR count). The van der Waals surface area contributed by atoms with Gasteiger partial charge in [0.1, 0.15) is 0 Å². The molecule has 3 heterocycles. The van der Waals surface area contributed by atoms with Crippen molar-refractivity contribution in [3.63, 3.8) is 0 Å². The van der Waals surface area contributed by atoms with E-state index in [2.05, 4.69) is 30.1 Å². The van der Waals surface area contributed by atoms with Gasteiger partial charge in [0.25, 0.3) is 0 Å². The topological polar surface area (TPSA) is 75.6 Å². The first-order valence-electron chi connectivity index (χ1n) is 8.82. The van der Waals surface area contributed by atoms with E-state index in [0.717, 1.165) is 31.9 Å². The first-order valence-corrected chi connectivity index (χ1v) is 9.57. The van der Waals surface area contributed by atoms with Crippen molar-refractivity contribution in [3.8, 4) is 0 Å². The van der Waals surface area contributed by atoms with E-state index in [1.807, 2.05) is 0 Å². The number of nitrogens with zero attached hydrogens (tertiary/aromatic N) is 5. The summed E-state index contributed by atoms with van der Waals surface area (Å²) in [6.07, 6.45) is 0. The van der Waals surface area contributed by atoms with Crippen LogP contribution >= 0.6 is 23.2 Å². The highest BCUT2D eigenvalue weighted by molar-refractivity contribution is 6.35. The van der Waals surface area contributed by atoms with Crippen LogP contribution in [0.3, 0.4) is 0 Å². The Morgan fingerprint density at radius 2 is 1.22 bits per heavy atom. The van der Waals surface area contributed by atoms with E-state index in [9.17, 15) is 0 Å². The smallest absolute Gasteiger partial charge is 0.233 e. The molecule has 1 aromatic carbocycles. The molecule has 2 aromatic rings. The zero-order valence-electron chi connectivity index (χ0n) is 14.7. The van der Waals surface area contributed by atoms with Gasteiger partial charge in [-0.1, -0.05) is 23.2 Å². The van der Waals surface area contributed by atoms with Crippen LogP contribution in [0.25, 0.3) is 0 Å². The van der Waals surface area contributed by atoms with Crippen molar-refractivity contribution >= 4 is 46.7 Å². The molecule has 2 saturated heterocycles. The molecule has 8 nitrogen and oxygen atoms in total. The Bertz CT molecular complexity index is 740. The molecule has 27 heavy (non-hydrogen) atoms. The molecule has 0 saturated carbocycles. The molecule has 0 unspecified atom stereocenters. The van der Waals surface area contributed by atoms with Crippen molar-refractivity contribution in [1.29, 1.82) is 0 Å². The fraction of sp³-hybridized carbons (Fsp3) is 0.471. The fourth-order valence-electron chi connectivity index (χ4n) is 2.97. The van der Waals surface area contributed by atoms with Crippen LogP contribution in [-0.2, 0) is 9.47 Å². The minimum absolute atomic E-state index is 0.450. The van der Waals surface area contributed by atoms with Crippen LogP contribution in [0.5, 0.6) is 0 Å². The maximum Gasteiger partial charge on any atom is 0.233 e. The lowest BCUT2D eigenvalue weighted by Gasteiger charge is -2.30. The largest absolute Gasteiger partial charge is 0.378 e. The van der Waals surface area contributed by atoms with Crippen molar-refractivity contribution in [2.75, 3.05) is 67.7 Å². The van der Waals surface area contributed by atoms with Crippen LogP contribution in [0, 0.1) is 0 Å². The summed E-state index contributed by atoms with van der Waals surface area (Å²) in [4.78, 5) is 18.1. The van der Waals surface area contributed by atoms with Crippen LogP contribution in [-0.4, -0.2) is 67.6 Å². The summed E-state index contributed by atoms with van der Waals surface area (Å²) in [7, 11) is 0. The van der Waals surface area contributed by atoms with Gasteiger partial charge in [0.2, 0.25) is 17.8 Å². The minimum atomic E-state index is 0.450. The lowest BCUT2D eigenvalue weighted by Crippen LogP contribution is -2.40. The Labute approximate surface area is 167 Å². The third kappa shape index (κ3) is 4.70. The number of benzene rings is 1. The Morgan fingerprint density at radius 3 is 1.70 bits per heavy atom. The normalized spacial score (nSPS) is 17.9. The predicted molar refractivity (Wildman–Crippen MR) is 106 cm³/mol. The molecular weight excluding hydrogens is 391 g/mol. The van der Waals surface area contributed by atoms with Crippen molar-refractivity contribution in [2.45, 2.75) is 0 Å². The molecule has 0 amide bonds. The SMILES string of the molecule is Clc1cc(Cl)cc(Nc2nc(N3CCOCC3)nc(N3CCOCC3)n2)c1. The maximum atomic E-state index is 6.10. The van der Waals surface area contributed by atoms with E-state index in [-0.39, 0.29) is 0 Å². The van der Waals surface area contributed by atoms with Crippen LogP contribution in [0.2, 0.25) is 10.0 Å². The van der Waals surface area contributed by atoms with E-state index < -0.39 is 0 Å². The molecule has 0 spiro atoms. The Hall–Kier alpha value is -1.87. The standard InChI is InChI=1S/C17H20Cl2N6O2/c18-12-9-13(19)11-14(10-12)20-15-21-16(24-1-5-26-6-2-24)23-17(22-15)25-3-7-27-8-4-25/h9-11H,1-8H2,(H,20,21,22,23). The first-order chi connectivity index (χ1) is 13.2. The number of aromatic nitrogens is 3. The number of nitrogens with one attached hydrogen (secondary N) is 1. The molecule has 0 bridgehead atoms. The number of hydrogen-bond acceptors (Lipinski definition) is 8. The molecule has 1 N–H and O–H groups in total. The van der Waals surface area contributed by atoms with Gasteiger partial charge < -0.3 is 24.6 Å². The molecule has 0 atom stereocenters. The molecular formula is C17H20Cl2N6O2. The van der Waals surface area contributed by atoms with Crippen LogP contribution < -0.4 is 15.1 Å². The molecule has 0 aliphatic carbocycles. The van der Waals surface area contributed by atoms with E-state index in [1.54, 1.807) is 18.2 Å². The van der Waals surface area contributed by atoms with Gasteiger partial charge in [-0.25, -0.2) is 0 Å². The number of morpholine rings is 2. The monoisotopic (exact) mass is 410 g/mol. The number of anilines is 4. The Balaban J connectivity index is 1.65. The summed E-state index contributed by atoms with van der Waals surface area (Å²) in [6, 6.07) is 5.24. The van der Waals surface area contributed by atoms with Crippen LogP contribution in [0.15, 0.2) is 18.2 Å². The predicted octanol–water partition coefficient (Wildman–Crippen LogP) is 2.60. The second-order valence-corrected chi connectivity index (χ2v) is 7.11. The van der Waals surface area contributed by atoms with Crippen molar-refractivity contribution in [2.24, 2.45) is 0 Å². The highest BCUT2D eigenvalue weighted by Crippen LogP contribution is 2.26.